The summed E-state index contributed by atoms with van der Waals surface area (Å²) in [5.74, 6) is -7.67. The van der Waals surface area contributed by atoms with Gasteiger partial charge in [0.1, 0.15) is 0 Å². The first-order valence-electron chi connectivity index (χ1n) is 4.42. The molecule has 2 N–H and O–H groups in total. The SMILES string of the molecule is O=C(O)C1=C(C(=O)O)CC2C(C1)C2(F)F. The van der Waals surface area contributed by atoms with Gasteiger partial charge in [0, 0.05) is 23.0 Å². The Balaban J connectivity index is 2.32. The maximum atomic E-state index is 13.0. The third-order valence-corrected chi connectivity index (χ3v) is 3.09. The van der Waals surface area contributed by atoms with Gasteiger partial charge in [0.25, 0.3) is 5.92 Å². The second kappa shape index (κ2) is 2.77. The molecule has 2 atom stereocenters. The van der Waals surface area contributed by atoms with Crippen molar-refractivity contribution in [3.63, 3.8) is 0 Å². The number of hydrogen-bond acceptors (Lipinski definition) is 2. The molecule has 1 saturated carbocycles. The number of fused-ring (bicyclic) bond motifs is 1. The predicted octanol–water partition coefficient (Wildman–Crippen LogP) is 1.13. The number of aliphatic carboxylic acids is 2. The van der Waals surface area contributed by atoms with Crippen LogP contribution in [0.3, 0.4) is 0 Å². The van der Waals surface area contributed by atoms with Crippen LogP contribution in [0, 0.1) is 11.8 Å². The lowest BCUT2D eigenvalue weighted by molar-refractivity contribution is -0.136. The van der Waals surface area contributed by atoms with E-state index in [2.05, 4.69) is 0 Å². The highest BCUT2D eigenvalue weighted by Crippen LogP contribution is 2.63. The van der Waals surface area contributed by atoms with Crippen molar-refractivity contribution in [2.24, 2.45) is 11.8 Å². The monoisotopic (exact) mass is 218 g/mol. The quantitative estimate of drug-likeness (QED) is 0.728. The fourth-order valence-electron chi connectivity index (χ4n) is 2.14. The number of halogens is 2. The van der Waals surface area contributed by atoms with Gasteiger partial charge >= 0.3 is 11.9 Å². The highest BCUT2D eigenvalue weighted by atomic mass is 19.3. The summed E-state index contributed by atoms with van der Waals surface area (Å²) in [6, 6.07) is 0. The van der Waals surface area contributed by atoms with Crippen molar-refractivity contribution in [2.75, 3.05) is 0 Å². The first-order valence-corrected chi connectivity index (χ1v) is 4.42. The molecule has 1 fully saturated rings. The Morgan fingerprint density at radius 2 is 1.40 bits per heavy atom. The highest BCUT2D eigenvalue weighted by molar-refractivity contribution is 5.99. The number of carbonyl (C=O) groups is 2. The van der Waals surface area contributed by atoms with Crippen LogP contribution in [-0.2, 0) is 9.59 Å². The maximum Gasteiger partial charge on any atom is 0.332 e. The van der Waals surface area contributed by atoms with Crippen molar-refractivity contribution in [1.82, 2.24) is 0 Å². The molecule has 0 saturated heterocycles. The zero-order valence-corrected chi connectivity index (χ0v) is 7.54. The molecule has 0 heterocycles. The van der Waals surface area contributed by atoms with E-state index in [9.17, 15) is 18.4 Å². The van der Waals surface area contributed by atoms with E-state index in [1.807, 2.05) is 0 Å². The molecule has 0 aromatic heterocycles. The van der Waals surface area contributed by atoms with E-state index in [-0.39, 0.29) is 24.0 Å². The summed E-state index contributed by atoms with van der Waals surface area (Å²) < 4.78 is 25.9. The van der Waals surface area contributed by atoms with Gasteiger partial charge in [0.15, 0.2) is 0 Å². The van der Waals surface area contributed by atoms with E-state index in [0.717, 1.165) is 0 Å². The zero-order valence-electron chi connectivity index (χ0n) is 7.54. The minimum Gasteiger partial charge on any atom is -0.478 e. The highest BCUT2D eigenvalue weighted by Gasteiger charge is 2.69. The molecule has 2 aliphatic carbocycles. The molecule has 0 aromatic rings. The van der Waals surface area contributed by atoms with Crippen LogP contribution in [0.2, 0.25) is 0 Å². The van der Waals surface area contributed by atoms with E-state index >= 15 is 0 Å². The van der Waals surface area contributed by atoms with Crippen LogP contribution in [0.5, 0.6) is 0 Å². The lowest BCUT2D eigenvalue weighted by Gasteiger charge is -2.11. The van der Waals surface area contributed by atoms with Crippen LogP contribution < -0.4 is 0 Å². The molecule has 2 rings (SSSR count). The van der Waals surface area contributed by atoms with Crippen LogP contribution >= 0.6 is 0 Å². The number of carboxylic acids is 2. The molecule has 2 aliphatic rings. The maximum absolute atomic E-state index is 13.0. The molecule has 0 spiro atoms. The summed E-state index contributed by atoms with van der Waals surface area (Å²) in [7, 11) is 0. The molecule has 15 heavy (non-hydrogen) atoms. The first kappa shape index (κ1) is 10.1. The van der Waals surface area contributed by atoms with Crippen LogP contribution in [0.25, 0.3) is 0 Å². The normalized spacial score (nSPS) is 32.1. The largest absolute Gasteiger partial charge is 0.478 e. The summed E-state index contributed by atoms with van der Waals surface area (Å²) in [5.41, 5.74) is -0.748. The third kappa shape index (κ3) is 1.32. The van der Waals surface area contributed by atoms with Gasteiger partial charge in [-0.25, -0.2) is 18.4 Å². The fourth-order valence-corrected chi connectivity index (χ4v) is 2.14. The zero-order chi connectivity index (χ0) is 11.4. The average molecular weight is 218 g/mol. The Labute approximate surface area is 83.2 Å². The van der Waals surface area contributed by atoms with Crippen LogP contribution in [0.1, 0.15) is 12.8 Å². The van der Waals surface area contributed by atoms with Crippen molar-refractivity contribution < 1.29 is 28.6 Å². The van der Waals surface area contributed by atoms with Gasteiger partial charge < -0.3 is 10.2 Å². The Kier molecular flexibility index (Phi) is 1.86. The van der Waals surface area contributed by atoms with Gasteiger partial charge in [0.2, 0.25) is 0 Å². The van der Waals surface area contributed by atoms with E-state index in [1.54, 1.807) is 0 Å². The van der Waals surface area contributed by atoms with E-state index in [1.165, 1.54) is 0 Å². The molecule has 2 unspecified atom stereocenters. The van der Waals surface area contributed by atoms with Gasteiger partial charge in [0.05, 0.1) is 0 Å². The molecule has 0 bridgehead atoms. The van der Waals surface area contributed by atoms with E-state index in [0.29, 0.717) is 0 Å². The van der Waals surface area contributed by atoms with Gasteiger partial charge in [-0.1, -0.05) is 0 Å². The second-order valence-electron chi connectivity index (χ2n) is 3.86. The summed E-state index contributed by atoms with van der Waals surface area (Å²) in [5, 5.41) is 17.4. The van der Waals surface area contributed by atoms with Gasteiger partial charge in [-0.2, -0.15) is 0 Å². The molecule has 0 aromatic carbocycles. The van der Waals surface area contributed by atoms with Crippen molar-refractivity contribution in [1.29, 1.82) is 0 Å². The predicted molar refractivity (Wildman–Crippen MR) is 43.5 cm³/mol. The van der Waals surface area contributed by atoms with Crippen LogP contribution in [-0.4, -0.2) is 28.1 Å². The molecular weight excluding hydrogens is 210 g/mol. The second-order valence-corrected chi connectivity index (χ2v) is 3.86. The molecule has 0 amide bonds. The summed E-state index contributed by atoms with van der Waals surface area (Å²) >= 11 is 0. The molecule has 0 radical (unpaired) electrons. The minimum atomic E-state index is -2.89. The number of carboxylic acid groups (broad SMARTS) is 2. The number of alkyl halides is 2. The Hall–Kier alpha value is -1.46. The summed E-state index contributed by atoms with van der Waals surface area (Å²) in [6.07, 6.45) is -0.677. The fraction of sp³-hybridized carbons (Fsp3) is 0.556. The first-order chi connectivity index (χ1) is 6.85. The van der Waals surface area contributed by atoms with Gasteiger partial charge in [-0.05, 0) is 12.8 Å². The van der Waals surface area contributed by atoms with Crippen LogP contribution in [0.15, 0.2) is 11.1 Å². The number of hydrogen-bond donors (Lipinski definition) is 2. The van der Waals surface area contributed by atoms with Gasteiger partial charge in [-0.15, -0.1) is 0 Å². The Morgan fingerprint density at radius 1 is 1.07 bits per heavy atom. The lowest BCUT2D eigenvalue weighted by atomic mass is 9.92. The van der Waals surface area contributed by atoms with E-state index < -0.39 is 29.7 Å². The van der Waals surface area contributed by atoms with Crippen molar-refractivity contribution >= 4 is 11.9 Å². The molecule has 82 valence electrons. The smallest absolute Gasteiger partial charge is 0.332 e. The van der Waals surface area contributed by atoms with Crippen molar-refractivity contribution in [3.8, 4) is 0 Å². The minimum absolute atomic E-state index is 0.339. The molecule has 6 heteroatoms. The lowest BCUT2D eigenvalue weighted by Crippen LogP contribution is -2.16. The van der Waals surface area contributed by atoms with Crippen molar-refractivity contribution in [3.05, 3.63) is 11.1 Å². The van der Waals surface area contributed by atoms with Crippen molar-refractivity contribution in [2.45, 2.75) is 18.8 Å². The van der Waals surface area contributed by atoms with Crippen LogP contribution in [0.4, 0.5) is 8.78 Å². The average Bonchev–Trinajstić information content (AvgIpc) is 2.67. The summed E-state index contributed by atoms with van der Waals surface area (Å²) in [6.45, 7) is 0. The molecule has 0 aliphatic heterocycles. The standard InChI is InChI=1S/C9H8F2O4/c10-9(11)5-1-3(7(12)13)4(8(14)15)2-6(5)9/h5-6H,1-2H2,(H,12,13)(H,14,15). The molecule has 4 nitrogen and oxygen atoms in total. The Bertz CT molecular complexity index is 352. The van der Waals surface area contributed by atoms with Gasteiger partial charge in [-0.3, -0.25) is 0 Å². The number of rotatable bonds is 2. The summed E-state index contributed by atoms with van der Waals surface area (Å²) in [4.78, 5) is 21.4. The Morgan fingerprint density at radius 3 is 1.67 bits per heavy atom. The topological polar surface area (TPSA) is 74.6 Å². The third-order valence-electron chi connectivity index (χ3n) is 3.09. The van der Waals surface area contributed by atoms with E-state index in [4.69, 9.17) is 10.2 Å². The molecular formula is C9H8F2O4.